The average molecular weight is 270 g/mol. The Morgan fingerprint density at radius 3 is 2.06 bits per heavy atom. The molecule has 0 radical (unpaired) electrons. The van der Waals surface area contributed by atoms with Crippen LogP contribution in [0.25, 0.3) is 0 Å². The number of carbonyl (C=O) groups excluding carboxylic acids is 1. The Morgan fingerprint density at radius 2 is 1.72 bits per heavy atom. The van der Waals surface area contributed by atoms with Gasteiger partial charge in [-0.15, -0.1) is 0 Å². The zero-order valence-electron chi connectivity index (χ0n) is 10.4. The summed E-state index contributed by atoms with van der Waals surface area (Å²) in [5.41, 5.74) is -0.743. The van der Waals surface area contributed by atoms with Gasteiger partial charge >= 0.3 is 18.2 Å². The molecule has 5 nitrogen and oxygen atoms in total. The number of hydrogen-bond acceptors (Lipinski definition) is 2. The van der Waals surface area contributed by atoms with E-state index in [0.717, 1.165) is 0 Å². The molecule has 0 rings (SSSR count). The molecule has 0 spiro atoms. The molecule has 0 aromatic carbocycles. The maximum atomic E-state index is 11.8. The van der Waals surface area contributed by atoms with Crippen LogP contribution in [0.1, 0.15) is 27.2 Å². The van der Waals surface area contributed by atoms with Crippen LogP contribution in [0.5, 0.6) is 0 Å². The molecule has 1 unspecified atom stereocenters. The molecule has 0 aromatic heterocycles. The number of carboxylic acid groups (broad SMARTS) is 1. The summed E-state index contributed by atoms with van der Waals surface area (Å²) in [5.74, 6) is -1.24. The van der Waals surface area contributed by atoms with Crippen molar-refractivity contribution >= 4 is 12.0 Å². The van der Waals surface area contributed by atoms with Crippen LogP contribution in [-0.2, 0) is 4.79 Å². The van der Waals surface area contributed by atoms with Crippen molar-refractivity contribution in [1.29, 1.82) is 0 Å². The van der Waals surface area contributed by atoms with Gasteiger partial charge < -0.3 is 15.7 Å². The number of halogens is 3. The molecule has 0 bridgehead atoms. The standard InChI is InChI=1S/C10H17F3N2O3/c1-9(2,3)6(7(16)17)15-8(18)14-5-4-10(11,12)13/h6H,4-5H2,1-3H3,(H,16,17)(H2,14,15,18). The van der Waals surface area contributed by atoms with E-state index in [9.17, 15) is 22.8 Å². The van der Waals surface area contributed by atoms with E-state index in [-0.39, 0.29) is 0 Å². The summed E-state index contributed by atoms with van der Waals surface area (Å²) < 4.78 is 35.5. The lowest BCUT2D eigenvalue weighted by Gasteiger charge is -2.27. The molecule has 3 N–H and O–H groups in total. The molecular weight excluding hydrogens is 253 g/mol. The summed E-state index contributed by atoms with van der Waals surface area (Å²) in [4.78, 5) is 22.1. The molecular formula is C10H17F3N2O3. The summed E-state index contributed by atoms with van der Waals surface area (Å²) in [6.45, 7) is 4.21. The molecule has 0 saturated carbocycles. The summed E-state index contributed by atoms with van der Waals surface area (Å²) >= 11 is 0. The average Bonchev–Trinajstić information content (AvgIpc) is 2.09. The minimum atomic E-state index is -4.36. The van der Waals surface area contributed by atoms with Crippen molar-refractivity contribution in [1.82, 2.24) is 10.6 Å². The van der Waals surface area contributed by atoms with Crippen molar-refractivity contribution in [2.75, 3.05) is 6.54 Å². The number of alkyl halides is 3. The lowest BCUT2D eigenvalue weighted by Crippen LogP contribution is -2.52. The van der Waals surface area contributed by atoms with Crippen molar-refractivity contribution in [3.05, 3.63) is 0 Å². The Bertz CT molecular complexity index is 310. The van der Waals surface area contributed by atoms with Gasteiger partial charge in [0.05, 0.1) is 6.42 Å². The summed E-state index contributed by atoms with van der Waals surface area (Å²) in [6.07, 6.45) is -5.52. The molecule has 106 valence electrons. The number of nitrogens with one attached hydrogen (secondary N) is 2. The number of carbonyl (C=O) groups is 2. The molecule has 8 heteroatoms. The fourth-order valence-electron chi connectivity index (χ4n) is 1.15. The SMILES string of the molecule is CC(C)(C)C(NC(=O)NCCC(F)(F)F)C(=O)O. The Labute approximate surface area is 103 Å². The Hall–Kier alpha value is -1.47. The molecule has 0 aliphatic rings. The number of aliphatic carboxylic acids is 1. The van der Waals surface area contributed by atoms with Gasteiger partial charge in [0.2, 0.25) is 0 Å². The highest BCUT2D eigenvalue weighted by atomic mass is 19.4. The molecule has 0 heterocycles. The number of hydrogen-bond donors (Lipinski definition) is 3. The number of carboxylic acids is 1. The number of urea groups is 1. The van der Waals surface area contributed by atoms with Crippen LogP contribution in [0.4, 0.5) is 18.0 Å². The van der Waals surface area contributed by atoms with Gasteiger partial charge in [0.25, 0.3) is 0 Å². The first kappa shape index (κ1) is 16.5. The first-order valence-corrected chi connectivity index (χ1v) is 5.27. The predicted molar refractivity (Wildman–Crippen MR) is 58.1 cm³/mol. The summed E-state index contributed by atoms with van der Waals surface area (Å²) in [5, 5.41) is 13.0. The van der Waals surface area contributed by atoms with Gasteiger partial charge in [-0.3, -0.25) is 0 Å². The van der Waals surface area contributed by atoms with Crippen molar-refractivity contribution in [3.63, 3.8) is 0 Å². The van der Waals surface area contributed by atoms with E-state index in [1.807, 2.05) is 5.32 Å². The van der Waals surface area contributed by atoms with Crippen LogP contribution in [-0.4, -0.2) is 35.9 Å². The van der Waals surface area contributed by atoms with E-state index in [0.29, 0.717) is 0 Å². The first-order chi connectivity index (χ1) is 7.93. The summed E-state index contributed by atoms with van der Waals surface area (Å²) in [6, 6.07) is -2.11. The van der Waals surface area contributed by atoms with E-state index >= 15 is 0 Å². The molecule has 0 aromatic rings. The van der Waals surface area contributed by atoms with E-state index in [1.54, 1.807) is 20.8 Å². The highest BCUT2D eigenvalue weighted by Crippen LogP contribution is 2.20. The lowest BCUT2D eigenvalue weighted by atomic mass is 9.87. The van der Waals surface area contributed by atoms with Crippen molar-refractivity contribution in [2.24, 2.45) is 5.41 Å². The quantitative estimate of drug-likeness (QED) is 0.728. The minimum Gasteiger partial charge on any atom is -0.480 e. The van der Waals surface area contributed by atoms with Crippen LogP contribution in [0, 0.1) is 5.41 Å². The topological polar surface area (TPSA) is 78.4 Å². The smallest absolute Gasteiger partial charge is 0.390 e. The second kappa shape index (κ2) is 5.92. The molecule has 0 saturated heterocycles. The third-order valence-electron chi connectivity index (χ3n) is 2.08. The zero-order valence-corrected chi connectivity index (χ0v) is 10.4. The van der Waals surface area contributed by atoms with E-state index < -0.39 is 42.6 Å². The van der Waals surface area contributed by atoms with Gasteiger partial charge in [-0.1, -0.05) is 20.8 Å². The van der Waals surface area contributed by atoms with Crippen molar-refractivity contribution in [3.8, 4) is 0 Å². The van der Waals surface area contributed by atoms with Crippen LogP contribution >= 0.6 is 0 Å². The zero-order chi connectivity index (χ0) is 14.6. The largest absolute Gasteiger partial charge is 0.480 e. The Kier molecular flexibility index (Phi) is 5.44. The minimum absolute atomic E-state index is 0.591. The van der Waals surface area contributed by atoms with Crippen molar-refractivity contribution < 1.29 is 27.9 Å². The fourth-order valence-corrected chi connectivity index (χ4v) is 1.15. The van der Waals surface area contributed by atoms with E-state index in [4.69, 9.17) is 5.11 Å². The second-order valence-electron chi connectivity index (χ2n) is 4.90. The Morgan fingerprint density at radius 1 is 1.22 bits per heavy atom. The van der Waals surface area contributed by atoms with Gasteiger partial charge in [-0.25, -0.2) is 9.59 Å². The second-order valence-corrected chi connectivity index (χ2v) is 4.90. The molecule has 0 fully saturated rings. The predicted octanol–water partition coefficient (Wildman–Crippen LogP) is 1.74. The maximum Gasteiger partial charge on any atom is 0.390 e. The van der Waals surface area contributed by atoms with Gasteiger partial charge in [0.15, 0.2) is 0 Å². The molecule has 0 aliphatic heterocycles. The summed E-state index contributed by atoms with van der Waals surface area (Å²) in [7, 11) is 0. The highest BCUT2D eigenvalue weighted by Gasteiger charge is 2.33. The maximum absolute atomic E-state index is 11.8. The van der Waals surface area contributed by atoms with Crippen LogP contribution in [0.3, 0.4) is 0 Å². The molecule has 0 aliphatic carbocycles. The van der Waals surface area contributed by atoms with E-state index in [1.165, 1.54) is 0 Å². The number of rotatable bonds is 4. The van der Waals surface area contributed by atoms with Gasteiger partial charge in [0.1, 0.15) is 6.04 Å². The molecule has 1 atom stereocenters. The lowest BCUT2D eigenvalue weighted by molar-refractivity contribution is -0.142. The third-order valence-corrected chi connectivity index (χ3v) is 2.08. The van der Waals surface area contributed by atoms with Crippen molar-refractivity contribution in [2.45, 2.75) is 39.4 Å². The fraction of sp³-hybridized carbons (Fsp3) is 0.800. The van der Waals surface area contributed by atoms with Crippen LogP contribution < -0.4 is 10.6 Å². The van der Waals surface area contributed by atoms with Crippen LogP contribution in [0.15, 0.2) is 0 Å². The number of amides is 2. The van der Waals surface area contributed by atoms with Gasteiger partial charge in [0, 0.05) is 6.54 Å². The normalized spacial score (nSPS) is 13.9. The third kappa shape index (κ3) is 6.97. The monoisotopic (exact) mass is 270 g/mol. The van der Waals surface area contributed by atoms with Gasteiger partial charge in [-0.2, -0.15) is 13.2 Å². The Balaban J connectivity index is 4.25. The highest BCUT2D eigenvalue weighted by molar-refractivity contribution is 5.83. The molecule has 2 amide bonds. The first-order valence-electron chi connectivity index (χ1n) is 5.27. The van der Waals surface area contributed by atoms with Gasteiger partial charge in [-0.05, 0) is 5.41 Å². The molecule has 18 heavy (non-hydrogen) atoms. The van der Waals surface area contributed by atoms with Crippen LogP contribution in [0.2, 0.25) is 0 Å². The van der Waals surface area contributed by atoms with E-state index in [2.05, 4.69) is 5.32 Å².